The van der Waals surface area contributed by atoms with E-state index in [1.807, 2.05) is 0 Å². The zero-order chi connectivity index (χ0) is 31.5. The van der Waals surface area contributed by atoms with Crippen molar-refractivity contribution in [2.75, 3.05) is 0 Å². The topological polar surface area (TPSA) is 0 Å². The van der Waals surface area contributed by atoms with Gasteiger partial charge in [-0.25, -0.2) is 0 Å². The van der Waals surface area contributed by atoms with E-state index in [1.54, 1.807) is 0 Å². The molecule has 2 atom stereocenters. The van der Waals surface area contributed by atoms with Crippen LogP contribution in [0.3, 0.4) is 0 Å². The van der Waals surface area contributed by atoms with Crippen LogP contribution in [0.2, 0.25) is 0 Å². The second kappa shape index (κ2) is 15.1. The summed E-state index contributed by atoms with van der Waals surface area (Å²) in [7, 11) is 0. The molecule has 0 fully saturated rings. The molecule has 49 heavy (non-hydrogen) atoms. The van der Waals surface area contributed by atoms with Crippen LogP contribution in [0.5, 0.6) is 0 Å². The second-order valence-electron chi connectivity index (χ2n) is 12.2. The molecular formula is C46H34Cl2Zr. The molecule has 3 heteroatoms. The van der Waals surface area contributed by atoms with E-state index in [0.29, 0.717) is 0 Å². The predicted molar refractivity (Wildman–Crippen MR) is 194 cm³/mol. The van der Waals surface area contributed by atoms with Gasteiger partial charge in [-0.1, -0.05) is 0 Å². The molecule has 0 saturated heterocycles. The summed E-state index contributed by atoms with van der Waals surface area (Å²) >= 11 is -1.64. The summed E-state index contributed by atoms with van der Waals surface area (Å²) in [5.41, 5.74) is 13.3. The molecule has 8 rings (SSSR count). The fourth-order valence-corrected chi connectivity index (χ4v) is 13.3. The van der Waals surface area contributed by atoms with Gasteiger partial charge in [0, 0.05) is 0 Å². The zero-order valence-corrected chi connectivity index (χ0v) is 30.9. The molecular weight excluding hydrogens is 715 g/mol. The van der Waals surface area contributed by atoms with Crippen molar-refractivity contribution in [1.82, 2.24) is 0 Å². The van der Waals surface area contributed by atoms with E-state index in [9.17, 15) is 0 Å². The van der Waals surface area contributed by atoms with Gasteiger partial charge in [0.05, 0.1) is 0 Å². The minimum atomic E-state index is -1.64. The fraction of sp³-hybridized carbons (Fsp3) is 0.0435. The SMILES string of the molecule is C1=C[C]([Zr+2][C]2(c3ccccc3)C=CC(c3ccccc3)=C2c2ccccc2)(c2ccccc2)C(c2ccccc2)=C1c1ccccc1.[Cl-].[Cl-]. The number of halogens is 2. The molecule has 0 amide bonds. The van der Waals surface area contributed by atoms with E-state index in [-0.39, 0.29) is 31.1 Å². The smallest absolute Gasteiger partial charge is 1.00 e. The van der Waals surface area contributed by atoms with Crippen molar-refractivity contribution in [1.29, 1.82) is 0 Å². The largest absolute Gasteiger partial charge is 1.00 e. The Kier molecular flexibility index (Phi) is 10.7. The molecule has 2 unspecified atom stereocenters. The van der Waals surface area contributed by atoms with Crippen LogP contribution >= 0.6 is 0 Å². The van der Waals surface area contributed by atoms with E-state index in [2.05, 4.69) is 206 Å². The first kappa shape index (κ1) is 34.6. The van der Waals surface area contributed by atoms with E-state index in [4.69, 9.17) is 0 Å². The molecule has 2 aliphatic rings. The van der Waals surface area contributed by atoms with Gasteiger partial charge in [-0.05, 0) is 0 Å². The minimum Gasteiger partial charge on any atom is -1.00 e. The predicted octanol–water partition coefficient (Wildman–Crippen LogP) is 5.23. The zero-order valence-electron chi connectivity index (χ0n) is 26.9. The summed E-state index contributed by atoms with van der Waals surface area (Å²) in [6, 6.07) is 66.8. The van der Waals surface area contributed by atoms with E-state index >= 15 is 0 Å². The Labute approximate surface area is 314 Å². The third-order valence-electron chi connectivity index (χ3n) is 9.47. The van der Waals surface area contributed by atoms with Crippen molar-refractivity contribution in [3.05, 3.63) is 240 Å². The number of rotatable bonds is 8. The maximum atomic E-state index is 2.57. The second-order valence-corrected chi connectivity index (χ2v) is 16.7. The first-order chi connectivity index (χ1) is 23.3. The molecule has 236 valence electrons. The molecule has 0 spiro atoms. The molecule has 0 saturated carbocycles. The number of allylic oxidation sites excluding steroid dienone is 8. The van der Waals surface area contributed by atoms with Crippen molar-refractivity contribution in [2.45, 2.75) is 6.25 Å². The van der Waals surface area contributed by atoms with Crippen LogP contribution in [-0.2, 0) is 29.5 Å². The Morgan fingerprint density at radius 1 is 0.306 bits per heavy atom. The van der Waals surface area contributed by atoms with Gasteiger partial charge in [0.15, 0.2) is 0 Å². The molecule has 0 nitrogen and oxygen atoms in total. The molecule has 2 aliphatic carbocycles. The molecule has 0 N–H and O–H groups in total. The van der Waals surface area contributed by atoms with Gasteiger partial charge in [-0.15, -0.1) is 0 Å². The molecule has 6 aromatic carbocycles. The average Bonchev–Trinajstić information content (AvgIpc) is 3.74. The third-order valence-corrected chi connectivity index (χ3v) is 14.9. The Bertz CT molecular complexity index is 1970. The molecule has 0 aliphatic heterocycles. The monoisotopic (exact) mass is 746 g/mol. The van der Waals surface area contributed by atoms with Crippen molar-refractivity contribution in [2.24, 2.45) is 0 Å². The summed E-state index contributed by atoms with van der Waals surface area (Å²) in [6.07, 6.45) is 9.99. The van der Waals surface area contributed by atoms with Crippen molar-refractivity contribution < 1.29 is 48.0 Å². The number of benzene rings is 6. The van der Waals surface area contributed by atoms with Crippen LogP contribution in [0, 0.1) is 0 Å². The van der Waals surface area contributed by atoms with Gasteiger partial charge in [0.25, 0.3) is 0 Å². The van der Waals surface area contributed by atoms with Crippen molar-refractivity contribution in [3.8, 4) is 0 Å². The van der Waals surface area contributed by atoms with Crippen LogP contribution < -0.4 is 24.8 Å². The van der Waals surface area contributed by atoms with Crippen LogP contribution in [0.25, 0.3) is 22.3 Å². The van der Waals surface area contributed by atoms with Crippen LogP contribution in [0.15, 0.2) is 206 Å². The fourth-order valence-electron chi connectivity index (χ4n) is 7.41. The van der Waals surface area contributed by atoms with Crippen molar-refractivity contribution >= 4 is 22.3 Å². The third kappa shape index (κ3) is 6.33. The maximum absolute atomic E-state index is 2.57. The molecule has 0 aromatic heterocycles. The standard InChI is InChI=1S/2C23H17.2ClH.Zr/c2*1-4-10-18(11-5-1)21-16-17-22(19-12-6-2-7-13-19)23(21)20-14-8-3-9-15-20;;;/h2*1-17H;2*1H;/q;;;;+2/p-2. The summed E-state index contributed by atoms with van der Waals surface area (Å²) in [5.74, 6) is 0. The average molecular weight is 749 g/mol. The summed E-state index contributed by atoms with van der Waals surface area (Å²) in [6.45, 7) is 0. The minimum absolute atomic E-state index is 0. The summed E-state index contributed by atoms with van der Waals surface area (Å²) in [4.78, 5) is 0. The Morgan fingerprint density at radius 2 is 0.571 bits per heavy atom. The Balaban J connectivity index is 0.00000208. The number of hydrogen-bond acceptors (Lipinski definition) is 0. The van der Waals surface area contributed by atoms with Gasteiger partial charge >= 0.3 is 291 Å². The molecule has 0 bridgehead atoms. The first-order valence-electron chi connectivity index (χ1n) is 16.3. The van der Waals surface area contributed by atoms with Crippen LogP contribution in [0.1, 0.15) is 33.4 Å². The van der Waals surface area contributed by atoms with Gasteiger partial charge in [0.2, 0.25) is 0 Å². The molecule has 0 radical (unpaired) electrons. The molecule has 0 heterocycles. The van der Waals surface area contributed by atoms with Crippen molar-refractivity contribution in [3.63, 3.8) is 0 Å². The van der Waals surface area contributed by atoms with E-state index in [1.165, 1.54) is 55.7 Å². The Hall–Kier alpha value is -4.26. The number of hydrogen-bond donors (Lipinski definition) is 0. The van der Waals surface area contributed by atoms with E-state index < -0.39 is 23.2 Å². The normalized spacial score (nSPS) is 19.3. The van der Waals surface area contributed by atoms with E-state index in [0.717, 1.165) is 0 Å². The van der Waals surface area contributed by atoms with Gasteiger partial charge in [-0.3, -0.25) is 0 Å². The summed E-state index contributed by atoms with van der Waals surface area (Å²) in [5, 5.41) is 0. The quantitative estimate of drug-likeness (QED) is 0.200. The van der Waals surface area contributed by atoms with Gasteiger partial charge < -0.3 is 24.8 Å². The van der Waals surface area contributed by atoms with Crippen LogP contribution in [-0.4, -0.2) is 0 Å². The summed E-state index contributed by atoms with van der Waals surface area (Å²) < 4.78 is -0.521. The van der Waals surface area contributed by atoms with Crippen LogP contribution in [0.4, 0.5) is 0 Å². The maximum Gasteiger partial charge on any atom is -1.00 e. The van der Waals surface area contributed by atoms with Gasteiger partial charge in [-0.2, -0.15) is 0 Å². The van der Waals surface area contributed by atoms with Gasteiger partial charge in [0.1, 0.15) is 0 Å². The Morgan fingerprint density at radius 3 is 0.878 bits per heavy atom. The first-order valence-corrected chi connectivity index (χ1v) is 18.7. The molecule has 6 aromatic rings.